The van der Waals surface area contributed by atoms with Crippen molar-refractivity contribution in [3.8, 4) is 11.5 Å². The Balaban J connectivity index is 2.64. The van der Waals surface area contributed by atoms with E-state index in [1.54, 1.807) is 40.7 Å². The molecule has 0 aromatic heterocycles. The number of aliphatic hydroxyl groups is 2. The molecule has 13 nitrogen and oxygen atoms in total. The van der Waals surface area contributed by atoms with E-state index in [-0.39, 0.29) is 24.8 Å². The normalized spacial score (nSPS) is 23.3. The van der Waals surface area contributed by atoms with E-state index in [1.807, 2.05) is 39.8 Å². The van der Waals surface area contributed by atoms with E-state index in [9.17, 15) is 49.8 Å². The molecule has 1 saturated carbocycles. The second kappa shape index (κ2) is 17.2. The molecule has 6 N–H and O–H groups in total. The summed E-state index contributed by atoms with van der Waals surface area (Å²) in [4.78, 5) is 84.2. The van der Waals surface area contributed by atoms with E-state index in [1.165, 1.54) is 0 Å². The number of fused-ring (bicyclic) bond motifs is 2. The van der Waals surface area contributed by atoms with Crippen molar-refractivity contribution < 1.29 is 64.1 Å². The molecule has 0 radical (unpaired) electrons. The van der Waals surface area contributed by atoms with E-state index in [2.05, 4.69) is 6.58 Å². The molecule has 2 aliphatic carbocycles. The number of Topliss-reactive ketones (excluding diaryl/α,β-unsaturated/α-hetero) is 3. The molecular weight excluding hydrogens is 736 g/mol. The first-order valence-corrected chi connectivity index (χ1v) is 18.7. The minimum atomic E-state index is -3.64. The van der Waals surface area contributed by atoms with Crippen LogP contribution in [0.25, 0.3) is 0 Å². The minimum Gasteiger partial charge on any atom is -0.504 e. The van der Waals surface area contributed by atoms with Gasteiger partial charge in [-0.1, -0.05) is 60.9 Å². The van der Waals surface area contributed by atoms with Crippen molar-refractivity contribution in [3.05, 3.63) is 82.2 Å². The number of ketones is 3. The van der Waals surface area contributed by atoms with E-state index < -0.39 is 104 Å². The maximum atomic E-state index is 15.9. The fourth-order valence-electron chi connectivity index (χ4n) is 8.08. The summed E-state index contributed by atoms with van der Waals surface area (Å²) in [5.74, 6) is -11.9. The van der Waals surface area contributed by atoms with Crippen LogP contribution in [0.5, 0.6) is 11.5 Å². The molecule has 0 amide bonds. The van der Waals surface area contributed by atoms with Crippen LogP contribution in [0.3, 0.4) is 0 Å². The van der Waals surface area contributed by atoms with Gasteiger partial charge in [-0.15, -0.1) is 0 Å². The van der Waals surface area contributed by atoms with Gasteiger partial charge in [-0.05, 0) is 116 Å². The van der Waals surface area contributed by atoms with Crippen molar-refractivity contribution in [2.45, 2.75) is 113 Å². The van der Waals surface area contributed by atoms with Gasteiger partial charge < -0.3 is 35.4 Å². The molecule has 310 valence electrons. The summed E-state index contributed by atoms with van der Waals surface area (Å²) < 4.78 is 5.89. The molecule has 0 heterocycles. The second-order valence-electron chi connectivity index (χ2n) is 16.9. The number of aromatic hydroxyl groups is 2. The van der Waals surface area contributed by atoms with E-state index in [4.69, 9.17) is 4.74 Å². The maximum absolute atomic E-state index is 15.9. The molecule has 1 fully saturated rings. The fraction of sp³-hybridized carbons (Fsp3) is 0.500. The SMILES string of the molecule is C=C(C)[C@@H](CC=C(C)C)C[C@@]12C[C@@H](CC=C(C)C)C(C)(C)[C@@](CC=C(C)C)(C(=O)C(C(=O)c3ccc(O)c(O)c3)=C1OC(=O)CC(O)(C(=O)O)C(O)C(=O)O)C2=O. The first-order chi connectivity index (χ1) is 26.2. The quantitative estimate of drug-likeness (QED) is 0.0246. The highest BCUT2D eigenvalue weighted by Gasteiger charge is 2.73. The molecule has 2 bridgehead atoms. The third kappa shape index (κ3) is 8.74. The summed E-state index contributed by atoms with van der Waals surface area (Å²) in [7, 11) is 0. The zero-order valence-electron chi connectivity index (χ0n) is 34.2. The molecule has 0 saturated heterocycles. The molecule has 1 aromatic rings. The molecular formula is C44H56O13. The van der Waals surface area contributed by atoms with Crippen LogP contribution in [0, 0.1) is 28.1 Å². The van der Waals surface area contributed by atoms with Crippen LogP contribution in [0.4, 0.5) is 0 Å². The van der Waals surface area contributed by atoms with E-state index in [0.717, 1.165) is 34.9 Å². The number of ether oxygens (including phenoxy) is 1. The van der Waals surface area contributed by atoms with Gasteiger partial charge in [-0.2, -0.15) is 0 Å². The lowest BCUT2D eigenvalue weighted by molar-refractivity contribution is -0.189. The Hall–Kier alpha value is -5.14. The van der Waals surface area contributed by atoms with Crippen LogP contribution in [0.15, 0.2) is 76.6 Å². The first-order valence-electron chi connectivity index (χ1n) is 18.7. The summed E-state index contributed by atoms with van der Waals surface area (Å²) in [5.41, 5.74) is -6.51. The Kier molecular flexibility index (Phi) is 13.9. The summed E-state index contributed by atoms with van der Waals surface area (Å²) in [6.45, 7) is 20.7. The van der Waals surface area contributed by atoms with Crippen LogP contribution in [0.1, 0.15) is 111 Å². The predicted octanol–water partition coefficient (Wildman–Crippen LogP) is 6.55. The Morgan fingerprint density at radius 3 is 2.00 bits per heavy atom. The van der Waals surface area contributed by atoms with Crippen molar-refractivity contribution in [1.82, 2.24) is 0 Å². The number of hydrogen-bond acceptors (Lipinski definition) is 11. The number of esters is 1. The highest BCUT2D eigenvalue weighted by molar-refractivity contribution is 6.35. The number of carbonyl (C=O) groups excluding carboxylic acids is 4. The minimum absolute atomic E-state index is 0.0771. The van der Waals surface area contributed by atoms with E-state index in [0.29, 0.717) is 18.4 Å². The Morgan fingerprint density at radius 1 is 0.930 bits per heavy atom. The standard InChI is InChI=1S/C44H56O13/c1-23(2)11-13-28(26(7)8)20-42-21-29(15-12-24(3)4)41(9,10)43(39(42)53,18-17-25(5)6)35(49)33(34(48)27-14-16-30(45)31(46)19-27)37(42)57-32(47)22-44(56,40(54)55)36(50)38(51)52/h11-12,14,16-17,19,28-29,36,45-46,50,56H,7,13,15,18,20-22H2,1-6,8-10H3,(H,51,52)(H,54,55)/t28-,29+,36?,42+,43-,44?/m0/s1. The number of carbonyl (C=O) groups is 6. The molecule has 2 unspecified atom stereocenters. The number of rotatable bonds is 17. The average molecular weight is 793 g/mol. The third-order valence-electron chi connectivity index (χ3n) is 11.7. The molecule has 6 atom stereocenters. The van der Waals surface area contributed by atoms with Crippen LogP contribution in [-0.2, 0) is 28.7 Å². The number of aliphatic hydroxyl groups excluding tert-OH is 1. The van der Waals surface area contributed by atoms with Gasteiger partial charge in [0, 0.05) is 5.56 Å². The van der Waals surface area contributed by atoms with Crippen molar-refractivity contribution in [2.75, 3.05) is 0 Å². The topological polar surface area (TPSA) is 233 Å². The largest absolute Gasteiger partial charge is 0.504 e. The zero-order valence-corrected chi connectivity index (χ0v) is 34.2. The zero-order chi connectivity index (χ0) is 43.6. The molecule has 0 spiro atoms. The van der Waals surface area contributed by atoms with Crippen LogP contribution < -0.4 is 0 Å². The molecule has 2 aliphatic rings. The van der Waals surface area contributed by atoms with Crippen molar-refractivity contribution in [1.29, 1.82) is 0 Å². The monoisotopic (exact) mass is 792 g/mol. The number of benzene rings is 1. The fourth-order valence-corrected chi connectivity index (χ4v) is 8.08. The number of phenols is 2. The maximum Gasteiger partial charge on any atom is 0.339 e. The Labute approximate surface area is 333 Å². The third-order valence-corrected chi connectivity index (χ3v) is 11.7. The molecule has 3 rings (SSSR count). The van der Waals surface area contributed by atoms with Crippen molar-refractivity contribution in [3.63, 3.8) is 0 Å². The van der Waals surface area contributed by atoms with Gasteiger partial charge in [0.15, 0.2) is 35.0 Å². The lowest BCUT2D eigenvalue weighted by atomic mass is 9.39. The lowest BCUT2D eigenvalue weighted by Gasteiger charge is -2.61. The number of aliphatic carboxylic acids is 2. The summed E-state index contributed by atoms with van der Waals surface area (Å²) in [5, 5.41) is 60.8. The van der Waals surface area contributed by atoms with Crippen molar-refractivity contribution >= 4 is 35.3 Å². The number of carboxylic acid groups (broad SMARTS) is 2. The number of hydrogen-bond donors (Lipinski definition) is 6. The van der Waals surface area contributed by atoms with Gasteiger partial charge in [-0.25, -0.2) is 9.59 Å². The number of carboxylic acids is 2. The van der Waals surface area contributed by atoms with Gasteiger partial charge >= 0.3 is 17.9 Å². The summed E-state index contributed by atoms with van der Waals surface area (Å²) in [6.07, 6.45) is 1.28. The highest BCUT2D eigenvalue weighted by Crippen LogP contribution is 2.67. The summed E-state index contributed by atoms with van der Waals surface area (Å²) >= 11 is 0. The van der Waals surface area contributed by atoms with Crippen molar-refractivity contribution in [2.24, 2.45) is 28.1 Å². The molecule has 0 aliphatic heterocycles. The van der Waals surface area contributed by atoms with Gasteiger partial charge in [0.25, 0.3) is 0 Å². The van der Waals surface area contributed by atoms with Gasteiger partial charge in [0.2, 0.25) is 5.60 Å². The molecule has 1 aromatic carbocycles. The Bertz CT molecular complexity index is 1980. The van der Waals surface area contributed by atoms with Gasteiger partial charge in [-0.3, -0.25) is 19.2 Å². The number of allylic oxidation sites excluding steroid dienone is 9. The predicted molar refractivity (Wildman–Crippen MR) is 210 cm³/mol. The molecule has 57 heavy (non-hydrogen) atoms. The number of phenolic OH excluding ortho intramolecular Hbond substituents is 2. The smallest absolute Gasteiger partial charge is 0.339 e. The molecule has 13 heteroatoms. The highest BCUT2D eigenvalue weighted by atomic mass is 16.5. The van der Waals surface area contributed by atoms with Crippen LogP contribution in [-0.4, -0.2) is 77.6 Å². The van der Waals surface area contributed by atoms with Gasteiger partial charge in [0.1, 0.15) is 16.7 Å². The second-order valence-corrected chi connectivity index (χ2v) is 16.9. The first kappa shape index (κ1) is 46.2. The van der Waals surface area contributed by atoms with Crippen LogP contribution >= 0.6 is 0 Å². The average Bonchev–Trinajstić information content (AvgIpc) is 3.09. The van der Waals surface area contributed by atoms with E-state index >= 15 is 9.59 Å². The lowest BCUT2D eigenvalue weighted by Crippen LogP contribution is -2.67. The summed E-state index contributed by atoms with van der Waals surface area (Å²) in [6, 6.07) is 3.04. The van der Waals surface area contributed by atoms with Gasteiger partial charge in [0.05, 0.1) is 11.8 Å². The Morgan fingerprint density at radius 2 is 1.51 bits per heavy atom. The van der Waals surface area contributed by atoms with Crippen LogP contribution in [0.2, 0.25) is 0 Å².